The predicted octanol–water partition coefficient (Wildman–Crippen LogP) is 4.23. The number of rotatable bonds is 1. The summed E-state index contributed by atoms with van der Waals surface area (Å²) in [4.78, 5) is 7.03. The van der Waals surface area contributed by atoms with E-state index in [4.69, 9.17) is 16.6 Å². The number of halogens is 2. The first-order valence-electron chi connectivity index (χ1n) is 6.47. The highest BCUT2D eigenvalue weighted by Gasteiger charge is 2.19. The smallest absolute Gasteiger partial charge is 0.0751 e. The van der Waals surface area contributed by atoms with E-state index in [9.17, 15) is 0 Å². The minimum absolute atomic E-state index is 0.748. The Bertz CT molecular complexity index is 682. The molecule has 0 radical (unpaired) electrons. The SMILES string of the molecule is CN1CCN=C(c2ccccc2I)c2cc(Cl)ccc21. The molecule has 20 heavy (non-hydrogen) atoms. The zero-order valence-electron chi connectivity index (χ0n) is 11.1. The fourth-order valence-electron chi connectivity index (χ4n) is 2.43. The second-order valence-corrected chi connectivity index (χ2v) is 6.39. The number of fused-ring (bicyclic) bond motifs is 1. The number of likely N-dealkylation sites (N-methyl/N-ethyl adjacent to an activating group) is 1. The van der Waals surface area contributed by atoms with Crippen LogP contribution in [0.15, 0.2) is 47.5 Å². The number of hydrogen-bond acceptors (Lipinski definition) is 2. The standard InChI is InChI=1S/C16H14ClIN2/c1-20-9-8-19-16(12-4-2-3-5-14(12)18)13-10-11(17)6-7-15(13)20/h2-7,10H,8-9H2,1H3. The molecule has 0 saturated carbocycles. The van der Waals surface area contributed by atoms with E-state index in [1.807, 2.05) is 18.2 Å². The second-order valence-electron chi connectivity index (χ2n) is 4.79. The quantitative estimate of drug-likeness (QED) is 0.659. The van der Waals surface area contributed by atoms with Crippen LogP contribution >= 0.6 is 34.2 Å². The van der Waals surface area contributed by atoms with Crippen LogP contribution < -0.4 is 4.90 Å². The monoisotopic (exact) mass is 396 g/mol. The Balaban J connectivity index is 2.22. The molecule has 1 aliphatic rings. The van der Waals surface area contributed by atoms with Gasteiger partial charge in [-0.15, -0.1) is 0 Å². The third-order valence-corrected chi connectivity index (χ3v) is 4.64. The molecule has 0 spiro atoms. The number of hydrogen-bond donors (Lipinski definition) is 0. The van der Waals surface area contributed by atoms with E-state index in [2.05, 4.69) is 58.8 Å². The van der Waals surface area contributed by atoms with E-state index in [0.717, 1.165) is 29.4 Å². The highest BCUT2D eigenvalue weighted by atomic mass is 127. The Morgan fingerprint density at radius 2 is 1.95 bits per heavy atom. The Hall–Kier alpha value is -1.07. The molecule has 0 N–H and O–H groups in total. The molecule has 0 amide bonds. The fraction of sp³-hybridized carbons (Fsp3) is 0.188. The van der Waals surface area contributed by atoms with Crippen LogP contribution in [0.3, 0.4) is 0 Å². The normalized spacial score (nSPS) is 14.6. The maximum Gasteiger partial charge on any atom is 0.0751 e. The lowest BCUT2D eigenvalue weighted by atomic mass is 10.0. The highest BCUT2D eigenvalue weighted by molar-refractivity contribution is 14.1. The molecule has 0 saturated heterocycles. The zero-order valence-corrected chi connectivity index (χ0v) is 14.0. The molecule has 0 unspecified atom stereocenters. The van der Waals surface area contributed by atoms with Gasteiger partial charge in [-0.3, -0.25) is 4.99 Å². The topological polar surface area (TPSA) is 15.6 Å². The van der Waals surface area contributed by atoms with Gasteiger partial charge in [-0.25, -0.2) is 0 Å². The van der Waals surface area contributed by atoms with Crippen molar-refractivity contribution in [3.8, 4) is 0 Å². The Labute approximate surface area is 137 Å². The molecular weight excluding hydrogens is 383 g/mol. The van der Waals surface area contributed by atoms with Crippen LogP contribution in [0.4, 0.5) is 5.69 Å². The van der Waals surface area contributed by atoms with Crippen molar-refractivity contribution in [2.24, 2.45) is 4.99 Å². The number of benzodiazepines with no additional fused rings is 1. The van der Waals surface area contributed by atoms with Crippen LogP contribution in [-0.2, 0) is 0 Å². The fourth-order valence-corrected chi connectivity index (χ4v) is 3.25. The summed E-state index contributed by atoms with van der Waals surface area (Å²) in [5, 5.41) is 0.748. The van der Waals surface area contributed by atoms with Crippen LogP contribution in [0.25, 0.3) is 0 Å². The van der Waals surface area contributed by atoms with Gasteiger partial charge in [0.15, 0.2) is 0 Å². The van der Waals surface area contributed by atoms with Crippen molar-refractivity contribution >= 4 is 45.6 Å². The lowest BCUT2D eigenvalue weighted by Crippen LogP contribution is -2.20. The summed E-state index contributed by atoms with van der Waals surface area (Å²) < 4.78 is 1.21. The molecule has 2 aromatic rings. The zero-order chi connectivity index (χ0) is 14.1. The average Bonchev–Trinajstić information content (AvgIpc) is 2.59. The van der Waals surface area contributed by atoms with Crippen molar-refractivity contribution in [1.82, 2.24) is 0 Å². The summed E-state index contributed by atoms with van der Waals surface area (Å²) >= 11 is 8.56. The van der Waals surface area contributed by atoms with Crippen molar-refractivity contribution < 1.29 is 0 Å². The van der Waals surface area contributed by atoms with Gasteiger partial charge in [0.2, 0.25) is 0 Å². The van der Waals surface area contributed by atoms with Gasteiger partial charge in [-0.05, 0) is 46.9 Å². The number of aliphatic imine (C=N–C) groups is 1. The van der Waals surface area contributed by atoms with E-state index in [1.165, 1.54) is 14.8 Å². The Kier molecular flexibility index (Phi) is 3.98. The summed E-state index contributed by atoms with van der Waals surface area (Å²) in [7, 11) is 2.10. The molecule has 0 atom stereocenters. The molecule has 102 valence electrons. The minimum atomic E-state index is 0.748. The third-order valence-electron chi connectivity index (χ3n) is 3.46. The predicted molar refractivity (Wildman–Crippen MR) is 94.4 cm³/mol. The second kappa shape index (κ2) is 5.74. The number of anilines is 1. The van der Waals surface area contributed by atoms with Crippen molar-refractivity contribution in [2.75, 3.05) is 25.0 Å². The van der Waals surface area contributed by atoms with Gasteiger partial charge < -0.3 is 4.90 Å². The molecule has 0 fully saturated rings. The van der Waals surface area contributed by atoms with E-state index in [1.54, 1.807) is 0 Å². The molecule has 1 aliphatic heterocycles. The molecule has 3 rings (SSSR count). The minimum Gasteiger partial charge on any atom is -0.372 e. The molecule has 0 aliphatic carbocycles. The van der Waals surface area contributed by atoms with Crippen molar-refractivity contribution in [1.29, 1.82) is 0 Å². The van der Waals surface area contributed by atoms with E-state index in [-0.39, 0.29) is 0 Å². The molecule has 0 bridgehead atoms. The van der Waals surface area contributed by atoms with E-state index in [0.29, 0.717) is 0 Å². The molecule has 2 nitrogen and oxygen atoms in total. The van der Waals surface area contributed by atoms with E-state index < -0.39 is 0 Å². The number of nitrogens with zero attached hydrogens (tertiary/aromatic N) is 2. The first-order chi connectivity index (χ1) is 9.66. The van der Waals surface area contributed by atoms with Crippen molar-refractivity contribution in [3.63, 3.8) is 0 Å². The third kappa shape index (κ3) is 2.56. The van der Waals surface area contributed by atoms with Gasteiger partial charge in [0.1, 0.15) is 0 Å². The molecule has 4 heteroatoms. The van der Waals surface area contributed by atoms with Crippen LogP contribution in [0.5, 0.6) is 0 Å². The summed E-state index contributed by atoms with van der Waals surface area (Å²) in [6.45, 7) is 1.71. The van der Waals surface area contributed by atoms with Crippen LogP contribution in [0.2, 0.25) is 5.02 Å². The summed E-state index contributed by atoms with van der Waals surface area (Å²) in [6, 6.07) is 14.4. The van der Waals surface area contributed by atoms with Gasteiger partial charge >= 0.3 is 0 Å². The maximum atomic E-state index is 6.19. The number of benzene rings is 2. The van der Waals surface area contributed by atoms with E-state index >= 15 is 0 Å². The maximum absolute atomic E-state index is 6.19. The lowest BCUT2D eigenvalue weighted by molar-refractivity contribution is 0.896. The Morgan fingerprint density at radius 3 is 2.75 bits per heavy atom. The summed E-state index contributed by atoms with van der Waals surface area (Å²) in [5.41, 5.74) is 4.51. The highest BCUT2D eigenvalue weighted by Crippen LogP contribution is 2.29. The molecular formula is C16H14ClIN2. The van der Waals surface area contributed by atoms with Crippen LogP contribution in [0, 0.1) is 3.57 Å². The molecule has 0 aromatic heterocycles. The average molecular weight is 397 g/mol. The molecule has 1 heterocycles. The van der Waals surface area contributed by atoms with Gasteiger partial charge in [0.25, 0.3) is 0 Å². The Morgan fingerprint density at radius 1 is 1.15 bits per heavy atom. The largest absolute Gasteiger partial charge is 0.372 e. The van der Waals surface area contributed by atoms with Gasteiger partial charge in [-0.2, -0.15) is 0 Å². The van der Waals surface area contributed by atoms with Gasteiger partial charge in [0.05, 0.1) is 12.3 Å². The van der Waals surface area contributed by atoms with Gasteiger partial charge in [-0.1, -0.05) is 29.8 Å². The van der Waals surface area contributed by atoms with Crippen molar-refractivity contribution in [2.45, 2.75) is 0 Å². The lowest BCUT2D eigenvalue weighted by Gasteiger charge is -2.19. The summed E-state index contributed by atoms with van der Waals surface area (Å²) in [6.07, 6.45) is 0. The van der Waals surface area contributed by atoms with Crippen LogP contribution in [-0.4, -0.2) is 25.8 Å². The van der Waals surface area contributed by atoms with Crippen molar-refractivity contribution in [3.05, 3.63) is 62.2 Å². The van der Waals surface area contributed by atoms with Gasteiger partial charge in [0, 0.05) is 39.0 Å². The summed E-state index contributed by atoms with van der Waals surface area (Å²) in [5.74, 6) is 0. The van der Waals surface area contributed by atoms with Crippen LogP contribution in [0.1, 0.15) is 11.1 Å². The first kappa shape index (κ1) is 13.9. The first-order valence-corrected chi connectivity index (χ1v) is 7.93. The molecule has 2 aromatic carbocycles.